The molecule has 0 bridgehead atoms. The molecule has 0 aliphatic rings. The molecule has 0 saturated heterocycles. The van der Waals surface area contributed by atoms with Crippen LogP contribution >= 0.6 is 47.1 Å². The SMILES string of the molecule is CCNC(=NCC(C)(O)c1ccsc1)NCCSC.I. The Morgan fingerprint density at radius 1 is 1.50 bits per heavy atom. The van der Waals surface area contributed by atoms with E-state index in [1.165, 1.54) is 0 Å². The van der Waals surface area contributed by atoms with E-state index in [1.54, 1.807) is 30.0 Å². The first kappa shape index (κ1) is 20.0. The number of nitrogens with zero attached hydrogens (tertiary/aromatic N) is 1. The molecular formula is C13H24IN3OS2. The molecule has 1 atom stereocenters. The Kier molecular flexibility index (Phi) is 10.7. The van der Waals surface area contributed by atoms with Crippen LogP contribution in [0.3, 0.4) is 0 Å². The third-order valence-corrected chi connectivity index (χ3v) is 3.93. The second-order valence-corrected chi connectivity index (χ2v) is 6.17. The molecule has 3 N–H and O–H groups in total. The number of thiophene rings is 1. The summed E-state index contributed by atoms with van der Waals surface area (Å²) in [7, 11) is 0. The van der Waals surface area contributed by atoms with Gasteiger partial charge in [0.05, 0.1) is 6.54 Å². The minimum atomic E-state index is -0.915. The van der Waals surface area contributed by atoms with Gasteiger partial charge in [-0.05, 0) is 42.5 Å². The number of halogens is 1. The van der Waals surface area contributed by atoms with Crippen LogP contribution in [0.1, 0.15) is 19.4 Å². The summed E-state index contributed by atoms with van der Waals surface area (Å²) in [5.41, 5.74) is 0.00297. The van der Waals surface area contributed by atoms with Crippen LogP contribution in [0.2, 0.25) is 0 Å². The molecule has 116 valence electrons. The van der Waals surface area contributed by atoms with E-state index in [1.807, 2.05) is 23.8 Å². The lowest BCUT2D eigenvalue weighted by atomic mass is 10.00. The van der Waals surface area contributed by atoms with E-state index >= 15 is 0 Å². The summed E-state index contributed by atoms with van der Waals surface area (Å²) < 4.78 is 0. The Labute approximate surface area is 146 Å². The summed E-state index contributed by atoms with van der Waals surface area (Å²) in [6.45, 7) is 5.85. The lowest BCUT2D eigenvalue weighted by Crippen LogP contribution is -2.39. The van der Waals surface area contributed by atoms with Crippen molar-refractivity contribution in [1.29, 1.82) is 0 Å². The van der Waals surface area contributed by atoms with Crippen molar-refractivity contribution in [1.82, 2.24) is 10.6 Å². The van der Waals surface area contributed by atoms with Crippen LogP contribution in [-0.2, 0) is 5.60 Å². The van der Waals surface area contributed by atoms with Gasteiger partial charge in [0, 0.05) is 18.8 Å². The van der Waals surface area contributed by atoms with E-state index < -0.39 is 5.60 Å². The van der Waals surface area contributed by atoms with Crippen molar-refractivity contribution in [3.63, 3.8) is 0 Å². The highest BCUT2D eigenvalue weighted by Crippen LogP contribution is 2.23. The zero-order chi connectivity index (χ0) is 14.1. The first-order valence-corrected chi connectivity index (χ1v) is 8.70. The van der Waals surface area contributed by atoms with Crippen molar-refractivity contribution < 1.29 is 5.11 Å². The molecule has 0 spiro atoms. The number of aliphatic imine (C=N–C) groups is 1. The molecule has 0 radical (unpaired) electrons. The van der Waals surface area contributed by atoms with Crippen molar-refractivity contribution >= 4 is 53.0 Å². The molecule has 0 fully saturated rings. The van der Waals surface area contributed by atoms with Crippen LogP contribution in [0.15, 0.2) is 21.8 Å². The lowest BCUT2D eigenvalue weighted by molar-refractivity contribution is 0.0677. The number of rotatable bonds is 7. The molecule has 0 aliphatic carbocycles. The summed E-state index contributed by atoms with van der Waals surface area (Å²) in [6.07, 6.45) is 2.08. The van der Waals surface area contributed by atoms with E-state index in [0.29, 0.717) is 6.54 Å². The Balaban J connectivity index is 0.00000361. The highest BCUT2D eigenvalue weighted by atomic mass is 127. The normalized spacial score (nSPS) is 14.3. The molecule has 7 heteroatoms. The number of guanidine groups is 1. The molecule has 1 aromatic heterocycles. The van der Waals surface area contributed by atoms with Crippen LogP contribution in [0.4, 0.5) is 0 Å². The van der Waals surface area contributed by atoms with Crippen LogP contribution in [-0.4, -0.2) is 42.7 Å². The van der Waals surface area contributed by atoms with E-state index in [4.69, 9.17) is 0 Å². The summed E-state index contributed by atoms with van der Waals surface area (Å²) in [4.78, 5) is 4.45. The number of nitrogens with one attached hydrogen (secondary N) is 2. The van der Waals surface area contributed by atoms with Crippen molar-refractivity contribution in [2.45, 2.75) is 19.4 Å². The summed E-state index contributed by atoms with van der Waals surface area (Å²) in [5.74, 6) is 1.79. The molecule has 1 aromatic rings. The Morgan fingerprint density at radius 2 is 2.25 bits per heavy atom. The van der Waals surface area contributed by atoms with Crippen molar-refractivity contribution in [3.8, 4) is 0 Å². The minimum absolute atomic E-state index is 0. The van der Waals surface area contributed by atoms with Gasteiger partial charge in [0.15, 0.2) is 5.96 Å². The molecule has 4 nitrogen and oxygen atoms in total. The van der Waals surface area contributed by atoms with Gasteiger partial charge in [0.1, 0.15) is 5.60 Å². The second kappa shape index (κ2) is 10.7. The summed E-state index contributed by atoms with van der Waals surface area (Å²) in [5, 5.41) is 20.8. The van der Waals surface area contributed by atoms with Crippen LogP contribution in [0, 0.1) is 0 Å². The fourth-order valence-electron chi connectivity index (χ4n) is 1.51. The van der Waals surface area contributed by atoms with Gasteiger partial charge < -0.3 is 15.7 Å². The van der Waals surface area contributed by atoms with Gasteiger partial charge in [-0.15, -0.1) is 24.0 Å². The molecular weight excluding hydrogens is 405 g/mol. The largest absolute Gasteiger partial charge is 0.383 e. The monoisotopic (exact) mass is 429 g/mol. The fraction of sp³-hybridized carbons (Fsp3) is 0.615. The maximum Gasteiger partial charge on any atom is 0.191 e. The fourth-order valence-corrected chi connectivity index (χ4v) is 2.60. The van der Waals surface area contributed by atoms with Gasteiger partial charge >= 0.3 is 0 Å². The molecule has 0 aromatic carbocycles. The average molecular weight is 429 g/mol. The third-order valence-electron chi connectivity index (χ3n) is 2.63. The first-order valence-electron chi connectivity index (χ1n) is 6.36. The number of hydrogen-bond acceptors (Lipinski definition) is 4. The standard InChI is InChI=1S/C13H23N3OS2.HI/c1-4-14-12(15-6-8-18-3)16-10-13(2,17)11-5-7-19-9-11;/h5,7,9,17H,4,6,8,10H2,1-3H3,(H2,14,15,16);1H. The van der Waals surface area contributed by atoms with E-state index in [2.05, 4.69) is 21.9 Å². The topological polar surface area (TPSA) is 56.7 Å². The highest BCUT2D eigenvalue weighted by Gasteiger charge is 2.23. The predicted octanol–water partition coefficient (Wildman–Crippen LogP) is 2.49. The zero-order valence-electron chi connectivity index (χ0n) is 12.2. The quantitative estimate of drug-likeness (QED) is 0.270. The molecule has 20 heavy (non-hydrogen) atoms. The molecule has 1 unspecified atom stereocenters. The van der Waals surface area contributed by atoms with Crippen molar-refractivity contribution in [2.24, 2.45) is 4.99 Å². The Hall–Kier alpha value is 0.01000. The van der Waals surface area contributed by atoms with E-state index in [-0.39, 0.29) is 24.0 Å². The number of aliphatic hydroxyl groups is 1. The van der Waals surface area contributed by atoms with Gasteiger partial charge in [0.25, 0.3) is 0 Å². The Morgan fingerprint density at radius 3 is 2.80 bits per heavy atom. The second-order valence-electron chi connectivity index (χ2n) is 4.40. The van der Waals surface area contributed by atoms with Gasteiger partial charge in [0.2, 0.25) is 0 Å². The zero-order valence-corrected chi connectivity index (χ0v) is 16.1. The minimum Gasteiger partial charge on any atom is -0.383 e. The predicted molar refractivity (Wildman–Crippen MR) is 102 cm³/mol. The van der Waals surface area contributed by atoms with E-state index in [0.717, 1.165) is 30.4 Å². The number of hydrogen-bond donors (Lipinski definition) is 3. The van der Waals surface area contributed by atoms with Gasteiger partial charge in [-0.2, -0.15) is 23.1 Å². The number of thioether (sulfide) groups is 1. The maximum absolute atomic E-state index is 10.4. The van der Waals surface area contributed by atoms with E-state index in [9.17, 15) is 5.11 Å². The van der Waals surface area contributed by atoms with Crippen molar-refractivity contribution in [2.75, 3.05) is 31.6 Å². The van der Waals surface area contributed by atoms with Crippen LogP contribution in [0.25, 0.3) is 0 Å². The molecule has 1 rings (SSSR count). The lowest BCUT2D eigenvalue weighted by Gasteiger charge is -2.21. The Bertz CT molecular complexity index is 383. The van der Waals surface area contributed by atoms with Gasteiger partial charge in [-0.1, -0.05) is 0 Å². The van der Waals surface area contributed by atoms with Gasteiger partial charge in [-0.25, -0.2) is 4.99 Å². The third kappa shape index (κ3) is 7.14. The molecule has 0 amide bonds. The average Bonchev–Trinajstić information content (AvgIpc) is 2.91. The van der Waals surface area contributed by atoms with Crippen LogP contribution in [0.5, 0.6) is 0 Å². The summed E-state index contributed by atoms with van der Waals surface area (Å²) in [6, 6.07) is 1.94. The molecule has 1 heterocycles. The molecule has 0 aliphatic heterocycles. The summed E-state index contributed by atoms with van der Waals surface area (Å²) >= 11 is 3.38. The smallest absolute Gasteiger partial charge is 0.191 e. The van der Waals surface area contributed by atoms with Crippen LogP contribution < -0.4 is 10.6 Å². The van der Waals surface area contributed by atoms with Crippen molar-refractivity contribution in [3.05, 3.63) is 22.4 Å². The first-order chi connectivity index (χ1) is 9.10. The highest BCUT2D eigenvalue weighted by molar-refractivity contribution is 14.0. The van der Waals surface area contributed by atoms with Gasteiger partial charge in [-0.3, -0.25) is 0 Å². The maximum atomic E-state index is 10.4. The molecule has 0 saturated carbocycles.